The first-order valence-electron chi connectivity index (χ1n) is 7.32. The average molecular weight is 354 g/mol. The fourth-order valence-corrected chi connectivity index (χ4v) is 2.99. The van der Waals surface area contributed by atoms with Crippen LogP contribution in [0, 0.1) is 0 Å². The average Bonchev–Trinajstić information content (AvgIpc) is 2.62. The summed E-state index contributed by atoms with van der Waals surface area (Å²) in [6, 6.07) is 11.4. The van der Waals surface area contributed by atoms with Crippen molar-refractivity contribution in [1.29, 1.82) is 0 Å². The third-order valence-corrected chi connectivity index (χ3v) is 4.32. The largest absolute Gasteiger partial charge is 0.504 e. The van der Waals surface area contributed by atoms with Gasteiger partial charge in [-0.1, -0.05) is 30.3 Å². The fourth-order valence-electron chi connectivity index (χ4n) is 2.58. The molecule has 0 spiro atoms. The monoisotopic (exact) mass is 354 g/mol. The van der Waals surface area contributed by atoms with E-state index >= 15 is 0 Å². The number of phenolic OH excluding ortho intramolecular Hbond substituents is 2. The first kappa shape index (κ1) is 16.9. The van der Waals surface area contributed by atoms with Gasteiger partial charge in [0.2, 0.25) is 5.78 Å². The van der Waals surface area contributed by atoms with Crippen molar-refractivity contribution in [3.63, 3.8) is 0 Å². The van der Waals surface area contributed by atoms with Crippen molar-refractivity contribution in [1.82, 2.24) is 0 Å². The number of aliphatic hydroxyl groups is 1. The molecule has 1 aliphatic rings. The lowest BCUT2D eigenvalue weighted by Crippen LogP contribution is -2.04. The van der Waals surface area contributed by atoms with E-state index < -0.39 is 11.5 Å². The van der Waals surface area contributed by atoms with Gasteiger partial charge in [0.15, 0.2) is 17.3 Å². The minimum Gasteiger partial charge on any atom is -0.504 e. The fraction of sp³-hybridized carbons (Fsp3) is 0. The van der Waals surface area contributed by atoms with E-state index in [2.05, 4.69) is 0 Å². The highest BCUT2D eigenvalue weighted by Crippen LogP contribution is 2.38. The SMILES string of the molecule is O=C1C=C/C(=C(\c2ccc(O)c(O)c2)c2ccccc2SO)C=C1O. The Morgan fingerprint density at radius 1 is 0.920 bits per heavy atom. The minimum absolute atomic E-state index is 0.259. The molecule has 4 N–H and O–H groups in total. The maximum atomic E-state index is 11.5. The molecule has 0 atom stereocenters. The number of carbonyl (C=O) groups is 1. The molecule has 0 fully saturated rings. The van der Waals surface area contributed by atoms with E-state index in [1.165, 1.54) is 24.3 Å². The molecule has 1 aliphatic carbocycles. The van der Waals surface area contributed by atoms with Crippen LogP contribution in [0.25, 0.3) is 5.57 Å². The molecule has 6 heteroatoms. The predicted molar refractivity (Wildman–Crippen MR) is 95.6 cm³/mol. The van der Waals surface area contributed by atoms with E-state index in [9.17, 15) is 24.7 Å². The van der Waals surface area contributed by atoms with Crippen molar-refractivity contribution in [3.05, 3.63) is 83.2 Å². The zero-order chi connectivity index (χ0) is 18.0. The van der Waals surface area contributed by atoms with E-state index in [1.807, 2.05) is 0 Å². The lowest BCUT2D eigenvalue weighted by Gasteiger charge is -2.16. The number of aromatic hydroxyl groups is 2. The van der Waals surface area contributed by atoms with Gasteiger partial charge in [-0.15, -0.1) is 0 Å². The van der Waals surface area contributed by atoms with Crippen molar-refractivity contribution < 1.29 is 24.7 Å². The number of rotatable bonds is 3. The topological polar surface area (TPSA) is 98.0 Å². The highest BCUT2D eigenvalue weighted by atomic mass is 32.2. The van der Waals surface area contributed by atoms with Crippen molar-refractivity contribution >= 4 is 23.4 Å². The van der Waals surface area contributed by atoms with Gasteiger partial charge in [-0.3, -0.25) is 4.79 Å². The molecule has 3 rings (SSSR count). The van der Waals surface area contributed by atoms with Gasteiger partial charge in [0, 0.05) is 16.9 Å². The van der Waals surface area contributed by atoms with Crippen molar-refractivity contribution in [2.45, 2.75) is 4.90 Å². The normalized spacial score (nSPS) is 15.9. The van der Waals surface area contributed by atoms with E-state index in [1.54, 1.807) is 36.4 Å². The van der Waals surface area contributed by atoms with Crippen molar-refractivity contribution in [3.8, 4) is 11.5 Å². The van der Waals surface area contributed by atoms with Gasteiger partial charge < -0.3 is 19.9 Å². The van der Waals surface area contributed by atoms with Crippen molar-refractivity contribution in [2.24, 2.45) is 0 Å². The molecule has 126 valence electrons. The Bertz CT molecular complexity index is 941. The molecule has 2 aromatic rings. The Morgan fingerprint density at radius 2 is 1.68 bits per heavy atom. The van der Waals surface area contributed by atoms with Gasteiger partial charge in [0.05, 0.1) is 0 Å². The molecule has 0 radical (unpaired) electrons. The summed E-state index contributed by atoms with van der Waals surface area (Å²) in [6.45, 7) is 0. The van der Waals surface area contributed by atoms with E-state index in [4.69, 9.17) is 0 Å². The van der Waals surface area contributed by atoms with Gasteiger partial charge in [-0.05, 0) is 52.6 Å². The Morgan fingerprint density at radius 3 is 2.36 bits per heavy atom. The molecule has 0 saturated heterocycles. The molecular formula is C19H14O5S. The minimum atomic E-state index is -0.499. The summed E-state index contributed by atoms with van der Waals surface area (Å²) >= 11 is 0.571. The van der Waals surface area contributed by atoms with Gasteiger partial charge in [0.1, 0.15) is 0 Å². The maximum Gasteiger partial charge on any atom is 0.220 e. The van der Waals surface area contributed by atoms with Crippen LogP contribution >= 0.6 is 12.0 Å². The summed E-state index contributed by atoms with van der Waals surface area (Å²) in [5.41, 5.74) is 2.32. The van der Waals surface area contributed by atoms with Crippen LogP contribution in [0.5, 0.6) is 11.5 Å². The maximum absolute atomic E-state index is 11.5. The smallest absolute Gasteiger partial charge is 0.220 e. The molecular weight excluding hydrogens is 340 g/mol. The van der Waals surface area contributed by atoms with Crippen molar-refractivity contribution in [2.75, 3.05) is 0 Å². The molecule has 0 aromatic heterocycles. The number of benzene rings is 2. The van der Waals surface area contributed by atoms with E-state index in [0.717, 1.165) is 0 Å². The molecule has 0 aliphatic heterocycles. The zero-order valence-corrected chi connectivity index (χ0v) is 13.7. The molecule has 5 nitrogen and oxygen atoms in total. The number of phenols is 2. The summed E-state index contributed by atoms with van der Waals surface area (Å²) in [5.74, 6) is -1.45. The van der Waals surface area contributed by atoms with Crippen LogP contribution in [0.2, 0.25) is 0 Å². The van der Waals surface area contributed by atoms with Crippen LogP contribution in [0.3, 0.4) is 0 Å². The molecule has 0 bridgehead atoms. The lowest BCUT2D eigenvalue weighted by atomic mass is 9.90. The summed E-state index contributed by atoms with van der Waals surface area (Å²) in [6.07, 6.45) is 4.14. The van der Waals surface area contributed by atoms with Crippen LogP contribution in [-0.4, -0.2) is 25.7 Å². The first-order valence-corrected chi connectivity index (χ1v) is 8.09. The third kappa shape index (κ3) is 3.31. The van der Waals surface area contributed by atoms with Crippen LogP contribution in [-0.2, 0) is 4.79 Å². The van der Waals surface area contributed by atoms with E-state index in [0.29, 0.717) is 39.2 Å². The Kier molecular flexibility index (Phi) is 4.65. The second kappa shape index (κ2) is 6.88. The zero-order valence-electron chi connectivity index (χ0n) is 12.9. The second-order valence-electron chi connectivity index (χ2n) is 5.35. The molecule has 0 amide bonds. The Hall–Kier alpha value is -2.96. The standard InChI is InChI=1S/C19H14O5S/c20-14-7-5-11(9-16(14)22)19(12-6-8-15(21)17(23)10-12)13-3-1-2-4-18(13)25-24/h1-10,20,22-24H/b19-12-. The number of allylic oxidation sites excluding steroid dienone is 4. The molecule has 0 saturated carbocycles. The third-order valence-electron chi connectivity index (χ3n) is 3.77. The highest BCUT2D eigenvalue weighted by molar-refractivity contribution is 7.93. The number of hydrogen-bond donors (Lipinski definition) is 4. The number of aliphatic hydroxyl groups excluding tert-OH is 1. The summed E-state index contributed by atoms with van der Waals surface area (Å²) in [7, 11) is 0. The predicted octanol–water partition coefficient (Wildman–Crippen LogP) is 4.05. The molecule has 25 heavy (non-hydrogen) atoms. The summed E-state index contributed by atoms with van der Waals surface area (Å²) < 4.78 is 9.57. The number of carbonyl (C=O) groups excluding carboxylic acids is 1. The molecule has 0 unspecified atom stereocenters. The summed E-state index contributed by atoms with van der Waals surface area (Å²) in [5, 5.41) is 29.2. The van der Waals surface area contributed by atoms with Gasteiger partial charge in [-0.2, -0.15) is 0 Å². The molecule has 2 aromatic carbocycles. The first-order chi connectivity index (χ1) is 12.0. The molecule has 0 heterocycles. The van der Waals surface area contributed by atoms with Gasteiger partial charge in [-0.25, -0.2) is 0 Å². The highest BCUT2D eigenvalue weighted by Gasteiger charge is 2.18. The van der Waals surface area contributed by atoms with Crippen LogP contribution in [0.1, 0.15) is 11.1 Å². The Balaban J connectivity index is 2.31. The summed E-state index contributed by atoms with van der Waals surface area (Å²) in [4.78, 5) is 12.1. The quantitative estimate of drug-likeness (QED) is 0.490. The number of ketones is 1. The van der Waals surface area contributed by atoms with E-state index in [-0.39, 0.29) is 11.5 Å². The van der Waals surface area contributed by atoms with Gasteiger partial charge >= 0.3 is 0 Å². The van der Waals surface area contributed by atoms with Gasteiger partial charge in [0.25, 0.3) is 0 Å². The second-order valence-corrected chi connectivity index (χ2v) is 5.97. The Labute approximate surface area is 148 Å². The van der Waals surface area contributed by atoms with Crippen LogP contribution < -0.4 is 0 Å². The van der Waals surface area contributed by atoms with Crippen LogP contribution in [0.4, 0.5) is 0 Å². The lowest BCUT2D eigenvalue weighted by molar-refractivity contribution is -0.113. The number of hydrogen-bond acceptors (Lipinski definition) is 6. The van der Waals surface area contributed by atoms with Crippen LogP contribution in [0.15, 0.2) is 76.9 Å².